The largest absolute Gasteiger partial charge is 0.325 e. The molecule has 33 heavy (non-hydrogen) atoms. The molecule has 0 aliphatic heterocycles. The molecule has 0 aliphatic carbocycles. The monoisotopic (exact) mass is 484 g/mol. The number of carbonyl (C=O) groups is 1. The number of benzene rings is 3. The minimum Gasteiger partial charge on any atom is -0.325 e. The van der Waals surface area contributed by atoms with Crippen molar-refractivity contribution in [3.05, 3.63) is 89.0 Å². The number of aromatic nitrogens is 2. The Morgan fingerprint density at radius 2 is 1.70 bits per heavy atom. The molecule has 1 amide bonds. The van der Waals surface area contributed by atoms with Crippen LogP contribution in [0.4, 0.5) is 10.1 Å². The fraction of sp³-hybridized carbons (Fsp3) is 0.0455. The number of rotatable bonds is 6. The Bertz CT molecular complexity index is 1500. The maximum atomic E-state index is 13.4. The first-order valence-corrected chi connectivity index (χ1v) is 12.1. The lowest BCUT2D eigenvalue weighted by Gasteiger charge is -2.13. The summed E-state index contributed by atoms with van der Waals surface area (Å²) in [5, 5.41) is 8.38. The van der Waals surface area contributed by atoms with E-state index in [1.54, 1.807) is 24.3 Å². The quantitative estimate of drug-likeness (QED) is 0.320. The van der Waals surface area contributed by atoms with E-state index in [-0.39, 0.29) is 21.4 Å². The van der Waals surface area contributed by atoms with Gasteiger partial charge in [-0.25, -0.2) is 22.9 Å². The third kappa shape index (κ3) is 5.11. The van der Waals surface area contributed by atoms with E-state index in [2.05, 4.69) is 10.3 Å². The number of nitrogens with zero attached hydrogens (tertiary/aromatic N) is 2. The molecule has 1 heterocycles. The summed E-state index contributed by atoms with van der Waals surface area (Å²) in [6.45, 7) is 0. The number of amides is 1. The summed E-state index contributed by atoms with van der Waals surface area (Å²) in [6, 6.07) is 17.6. The van der Waals surface area contributed by atoms with Crippen LogP contribution < -0.4 is 16.0 Å². The Hall–Kier alpha value is -3.54. The number of nitrogens with one attached hydrogen (secondary N) is 1. The SMILES string of the molecule is NS(=O)(=O)c1ccc(NC(=O)CSc2nc3ccccc3c(=O)n2-c2ccc(F)cc2)cc1. The first-order chi connectivity index (χ1) is 15.7. The fourth-order valence-electron chi connectivity index (χ4n) is 3.08. The van der Waals surface area contributed by atoms with Gasteiger partial charge in [0.1, 0.15) is 5.82 Å². The topological polar surface area (TPSA) is 124 Å². The Kier molecular flexibility index (Phi) is 6.27. The van der Waals surface area contributed by atoms with E-state index < -0.39 is 21.7 Å². The van der Waals surface area contributed by atoms with Gasteiger partial charge in [0.15, 0.2) is 5.16 Å². The number of hydrogen-bond donors (Lipinski definition) is 2. The van der Waals surface area contributed by atoms with Crippen LogP contribution in [-0.2, 0) is 14.8 Å². The van der Waals surface area contributed by atoms with Gasteiger partial charge in [0.05, 0.1) is 27.2 Å². The smallest absolute Gasteiger partial charge is 0.266 e. The van der Waals surface area contributed by atoms with Gasteiger partial charge < -0.3 is 5.32 Å². The Balaban J connectivity index is 1.60. The molecule has 3 aromatic carbocycles. The number of hydrogen-bond acceptors (Lipinski definition) is 6. The number of para-hydroxylation sites is 1. The summed E-state index contributed by atoms with van der Waals surface area (Å²) >= 11 is 1.04. The molecule has 0 saturated heterocycles. The summed E-state index contributed by atoms with van der Waals surface area (Å²) in [5.74, 6) is -0.915. The zero-order valence-corrected chi connectivity index (χ0v) is 18.6. The Morgan fingerprint density at radius 1 is 1.03 bits per heavy atom. The average molecular weight is 485 g/mol. The summed E-state index contributed by atoms with van der Waals surface area (Å²) in [7, 11) is -3.83. The van der Waals surface area contributed by atoms with Gasteiger partial charge in [-0.1, -0.05) is 23.9 Å². The van der Waals surface area contributed by atoms with Crippen LogP contribution in [0.2, 0.25) is 0 Å². The number of fused-ring (bicyclic) bond motifs is 1. The molecule has 0 unspecified atom stereocenters. The van der Waals surface area contributed by atoms with Gasteiger partial charge in [-0.15, -0.1) is 0 Å². The van der Waals surface area contributed by atoms with Crippen molar-refractivity contribution in [2.45, 2.75) is 10.1 Å². The molecule has 0 saturated carbocycles. The van der Waals surface area contributed by atoms with Crippen molar-refractivity contribution in [3.63, 3.8) is 0 Å². The van der Waals surface area contributed by atoms with Crippen LogP contribution >= 0.6 is 11.8 Å². The van der Waals surface area contributed by atoms with Crippen LogP contribution in [0.15, 0.2) is 87.6 Å². The lowest BCUT2D eigenvalue weighted by atomic mass is 10.2. The molecule has 0 aliphatic rings. The van der Waals surface area contributed by atoms with Crippen LogP contribution in [0.25, 0.3) is 16.6 Å². The summed E-state index contributed by atoms with van der Waals surface area (Å²) in [4.78, 5) is 30.1. The van der Waals surface area contributed by atoms with Crippen molar-refractivity contribution in [3.8, 4) is 5.69 Å². The van der Waals surface area contributed by atoms with Crippen LogP contribution in [0.5, 0.6) is 0 Å². The number of sulfonamides is 1. The molecule has 4 rings (SSSR count). The second-order valence-electron chi connectivity index (χ2n) is 6.93. The third-order valence-electron chi connectivity index (χ3n) is 4.63. The van der Waals surface area contributed by atoms with E-state index >= 15 is 0 Å². The molecule has 8 nitrogen and oxygen atoms in total. The van der Waals surface area contributed by atoms with E-state index in [9.17, 15) is 22.4 Å². The Labute approximate surface area is 192 Å². The predicted molar refractivity (Wildman–Crippen MR) is 124 cm³/mol. The number of primary sulfonamides is 1. The molecule has 1 aromatic heterocycles. The third-order valence-corrected chi connectivity index (χ3v) is 6.50. The second kappa shape index (κ2) is 9.14. The van der Waals surface area contributed by atoms with Crippen molar-refractivity contribution in [2.75, 3.05) is 11.1 Å². The van der Waals surface area contributed by atoms with Crippen molar-refractivity contribution >= 4 is 44.3 Å². The van der Waals surface area contributed by atoms with E-state index in [0.29, 0.717) is 22.3 Å². The fourth-order valence-corrected chi connectivity index (χ4v) is 4.41. The van der Waals surface area contributed by atoms with Crippen LogP contribution in [0.3, 0.4) is 0 Å². The molecule has 0 radical (unpaired) electrons. The van der Waals surface area contributed by atoms with Gasteiger partial charge in [0, 0.05) is 5.69 Å². The normalized spacial score (nSPS) is 11.5. The molecule has 11 heteroatoms. The molecule has 4 aromatic rings. The Morgan fingerprint density at radius 3 is 2.36 bits per heavy atom. The number of nitrogens with two attached hydrogens (primary N) is 1. The van der Waals surface area contributed by atoms with Crippen LogP contribution in [-0.4, -0.2) is 29.6 Å². The highest BCUT2D eigenvalue weighted by molar-refractivity contribution is 7.99. The second-order valence-corrected chi connectivity index (χ2v) is 9.44. The molecule has 0 atom stereocenters. The number of halogens is 1. The van der Waals surface area contributed by atoms with Crippen molar-refractivity contribution in [1.29, 1.82) is 0 Å². The van der Waals surface area contributed by atoms with E-state index in [4.69, 9.17) is 5.14 Å². The first kappa shape index (κ1) is 22.6. The first-order valence-electron chi connectivity index (χ1n) is 9.55. The van der Waals surface area contributed by atoms with Gasteiger partial charge >= 0.3 is 0 Å². The molecule has 168 valence electrons. The number of thioether (sulfide) groups is 1. The van der Waals surface area contributed by atoms with Crippen LogP contribution in [0.1, 0.15) is 0 Å². The van der Waals surface area contributed by atoms with Gasteiger partial charge in [-0.3, -0.25) is 14.2 Å². The number of anilines is 1. The standard InChI is InChI=1S/C22H17FN4O4S2/c23-14-5-9-16(10-6-14)27-21(29)18-3-1-2-4-19(18)26-22(27)32-13-20(28)25-15-7-11-17(12-8-15)33(24,30)31/h1-12H,13H2,(H,25,28)(H2,24,30,31). The molecule has 0 fully saturated rings. The highest BCUT2D eigenvalue weighted by Crippen LogP contribution is 2.22. The predicted octanol–water partition coefficient (Wildman–Crippen LogP) is 2.90. The van der Waals surface area contributed by atoms with Crippen molar-refractivity contribution < 1.29 is 17.6 Å². The maximum Gasteiger partial charge on any atom is 0.266 e. The highest BCUT2D eigenvalue weighted by atomic mass is 32.2. The van der Waals surface area contributed by atoms with E-state index in [0.717, 1.165) is 11.8 Å². The molecule has 0 bridgehead atoms. The van der Waals surface area contributed by atoms with Crippen LogP contribution in [0, 0.1) is 5.82 Å². The lowest BCUT2D eigenvalue weighted by Crippen LogP contribution is -2.23. The minimum absolute atomic E-state index is 0.0708. The lowest BCUT2D eigenvalue weighted by molar-refractivity contribution is -0.113. The van der Waals surface area contributed by atoms with Gasteiger partial charge in [0.25, 0.3) is 5.56 Å². The molecule has 3 N–H and O–H groups in total. The molecular formula is C22H17FN4O4S2. The van der Waals surface area contributed by atoms with Gasteiger partial charge in [0.2, 0.25) is 15.9 Å². The van der Waals surface area contributed by atoms with Crippen molar-refractivity contribution in [2.24, 2.45) is 5.14 Å². The molecule has 0 spiro atoms. The highest BCUT2D eigenvalue weighted by Gasteiger charge is 2.15. The molecular weight excluding hydrogens is 467 g/mol. The summed E-state index contributed by atoms with van der Waals surface area (Å²) < 4.78 is 37.4. The van der Waals surface area contributed by atoms with Gasteiger partial charge in [-0.05, 0) is 60.7 Å². The average Bonchev–Trinajstić information content (AvgIpc) is 2.78. The van der Waals surface area contributed by atoms with E-state index in [1.165, 1.54) is 53.1 Å². The zero-order valence-electron chi connectivity index (χ0n) is 16.9. The van der Waals surface area contributed by atoms with E-state index in [1.807, 2.05) is 0 Å². The zero-order chi connectivity index (χ0) is 23.6. The maximum absolute atomic E-state index is 13.4. The number of carbonyl (C=O) groups excluding carboxylic acids is 1. The van der Waals surface area contributed by atoms with Gasteiger partial charge in [-0.2, -0.15) is 0 Å². The minimum atomic E-state index is -3.83. The van der Waals surface area contributed by atoms with Crippen molar-refractivity contribution in [1.82, 2.24) is 9.55 Å². The summed E-state index contributed by atoms with van der Waals surface area (Å²) in [6.07, 6.45) is 0. The summed E-state index contributed by atoms with van der Waals surface area (Å²) in [5.41, 5.74) is 0.938.